The molecule has 0 saturated carbocycles. The fourth-order valence-corrected chi connectivity index (χ4v) is 2.39. The molecule has 0 spiro atoms. The first-order valence-electron chi connectivity index (χ1n) is 5.84. The molecule has 19 heavy (non-hydrogen) atoms. The van der Waals surface area contributed by atoms with Gasteiger partial charge in [-0.1, -0.05) is 17.7 Å². The van der Waals surface area contributed by atoms with Crippen molar-refractivity contribution < 1.29 is 8.42 Å². The summed E-state index contributed by atoms with van der Waals surface area (Å²) in [5.41, 5.74) is 1.75. The Balaban J connectivity index is 2.24. The van der Waals surface area contributed by atoms with Gasteiger partial charge >= 0.3 is 0 Å². The molecule has 0 amide bonds. The summed E-state index contributed by atoms with van der Waals surface area (Å²) < 4.78 is 22.1. The molecule has 0 aliphatic rings. The second-order valence-corrected chi connectivity index (χ2v) is 7.16. The van der Waals surface area contributed by atoms with Crippen molar-refractivity contribution in [3.8, 4) is 0 Å². The van der Waals surface area contributed by atoms with Crippen LogP contribution in [-0.2, 0) is 9.84 Å². The van der Waals surface area contributed by atoms with Crippen LogP contribution in [0, 0.1) is 6.92 Å². The molecule has 0 aliphatic carbocycles. The zero-order valence-electron chi connectivity index (χ0n) is 10.8. The van der Waals surface area contributed by atoms with E-state index < -0.39 is 9.84 Å². The molecule has 1 N–H and O–H groups in total. The van der Waals surface area contributed by atoms with E-state index in [1.165, 1.54) is 6.26 Å². The summed E-state index contributed by atoms with van der Waals surface area (Å²) in [7, 11) is -2.96. The monoisotopic (exact) mass is 298 g/mol. The average molecular weight is 299 g/mol. The van der Waals surface area contributed by atoms with Gasteiger partial charge in [0.15, 0.2) is 0 Å². The maximum Gasteiger partial charge on any atom is 0.149 e. The summed E-state index contributed by atoms with van der Waals surface area (Å²) in [6, 6.07) is 7.53. The minimum Gasteiger partial charge on any atom is -0.369 e. The molecule has 0 unspecified atom stereocenters. The number of rotatable bonds is 4. The van der Waals surface area contributed by atoms with Crippen molar-refractivity contribution in [2.75, 3.05) is 23.9 Å². The summed E-state index contributed by atoms with van der Waals surface area (Å²) in [4.78, 5) is 4.46. The van der Waals surface area contributed by atoms with Gasteiger partial charge in [0.2, 0.25) is 0 Å². The van der Waals surface area contributed by atoms with Gasteiger partial charge in [0, 0.05) is 23.2 Å². The first-order chi connectivity index (χ1) is 8.87. The van der Waals surface area contributed by atoms with Crippen molar-refractivity contribution in [2.45, 2.75) is 6.92 Å². The van der Waals surface area contributed by atoms with E-state index in [0.717, 1.165) is 16.5 Å². The highest BCUT2D eigenvalue weighted by molar-refractivity contribution is 7.90. The number of nitrogens with zero attached hydrogens (tertiary/aromatic N) is 1. The van der Waals surface area contributed by atoms with Crippen LogP contribution < -0.4 is 5.32 Å². The van der Waals surface area contributed by atoms with E-state index in [9.17, 15) is 8.42 Å². The summed E-state index contributed by atoms with van der Waals surface area (Å²) in [5, 5.41) is 4.69. The lowest BCUT2D eigenvalue weighted by atomic mass is 10.1. The zero-order chi connectivity index (χ0) is 14.0. The highest BCUT2D eigenvalue weighted by atomic mass is 35.5. The van der Waals surface area contributed by atoms with Gasteiger partial charge < -0.3 is 5.32 Å². The first-order valence-corrected chi connectivity index (χ1v) is 8.28. The Morgan fingerprint density at radius 2 is 1.95 bits per heavy atom. The number of benzene rings is 1. The van der Waals surface area contributed by atoms with Crippen LogP contribution in [0.3, 0.4) is 0 Å². The van der Waals surface area contributed by atoms with Crippen LogP contribution in [0.1, 0.15) is 5.56 Å². The van der Waals surface area contributed by atoms with Gasteiger partial charge in [-0.2, -0.15) is 0 Å². The van der Waals surface area contributed by atoms with Gasteiger partial charge in [-0.15, -0.1) is 0 Å². The van der Waals surface area contributed by atoms with E-state index in [0.29, 0.717) is 17.4 Å². The number of halogens is 1. The van der Waals surface area contributed by atoms with Crippen LogP contribution in [0.5, 0.6) is 0 Å². The van der Waals surface area contributed by atoms with Crippen molar-refractivity contribution in [1.82, 2.24) is 4.98 Å². The van der Waals surface area contributed by atoms with Crippen LogP contribution in [0.25, 0.3) is 10.9 Å². The Hall–Kier alpha value is -1.33. The van der Waals surface area contributed by atoms with Crippen molar-refractivity contribution >= 4 is 38.2 Å². The number of pyridine rings is 1. The average Bonchev–Trinajstić information content (AvgIpc) is 2.33. The van der Waals surface area contributed by atoms with Gasteiger partial charge in [0.25, 0.3) is 0 Å². The fraction of sp³-hybridized carbons (Fsp3) is 0.308. The van der Waals surface area contributed by atoms with E-state index >= 15 is 0 Å². The molecule has 0 atom stereocenters. The molecule has 6 heteroatoms. The molecule has 4 nitrogen and oxygen atoms in total. The molecule has 102 valence electrons. The topological polar surface area (TPSA) is 59.1 Å². The smallest absolute Gasteiger partial charge is 0.149 e. The van der Waals surface area contributed by atoms with E-state index in [-0.39, 0.29) is 5.75 Å². The summed E-state index contributed by atoms with van der Waals surface area (Å²) in [6.07, 6.45) is 1.21. The van der Waals surface area contributed by atoms with Gasteiger partial charge in [0.05, 0.1) is 11.3 Å². The van der Waals surface area contributed by atoms with Crippen LogP contribution in [-0.4, -0.2) is 32.0 Å². The molecule has 1 aromatic heterocycles. The standard InChI is InChI=1S/C13H15ClN2O2S/c1-9-11(14)5-3-10-4-6-12(16-13(9)10)15-7-8-19(2,17)18/h3-6H,7-8H2,1-2H3,(H,15,16). The number of aryl methyl sites for hydroxylation is 1. The minimum atomic E-state index is -2.96. The zero-order valence-corrected chi connectivity index (χ0v) is 12.3. The molecule has 0 radical (unpaired) electrons. The quantitative estimate of drug-likeness (QED) is 0.943. The molecule has 1 aromatic carbocycles. The second-order valence-electron chi connectivity index (χ2n) is 4.50. The second kappa shape index (κ2) is 5.35. The summed E-state index contributed by atoms with van der Waals surface area (Å²) in [5.74, 6) is 0.739. The Morgan fingerprint density at radius 3 is 2.63 bits per heavy atom. The predicted molar refractivity (Wildman–Crippen MR) is 79.7 cm³/mol. The highest BCUT2D eigenvalue weighted by Crippen LogP contribution is 2.24. The molecule has 0 bridgehead atoms. The Bertz CT molecular complexity index is 714. The molecule has 0 fully saturated rings. The lowest BCUT2D eigenvalue weighted by Crippen LogP contribution is -2.14. The number of fused-ring (bicyclic) bond motifs is 1. The maximum atomic E-state index is 11.1. The number of hydrogen-bond acceptors (Lipinski definition) is 4. The third-order valence-electron chi connectivity index (χ3n) is 2.83. The normalized spacial score (nSPS) is 11.7. The third-order valence-corrected chi connectivity index (χ3v) is 4.18. The van der Waals surface area contributed by atoms with E-state index in [1.54, 1.807) is 0 Å². The van der Waals surface area contributed by atoms with Crippen molar-refractivity contribution in [1.29, 1.82) is 0 Å². The number of sulfone groups is 1. The molecular formula is C13H15ClN2O2S. The van der Waals surface area contributed by atoms with Gasteiger partial charge in [0.1, 0.15) is 15.7 Å². The largest absolute Gasteiger partial charge is 0.369 e. The van der Waals surface area contributed by atoms with Crippen molar-refractivity contribution in [2.24, 2.45) is 0 Å². The van der Waals surface area contributed by atoms with E-state index in [2.05, 4.69) is 10.3 Å². The number of hydrogen-bond donors (Lipinski definition) is 1. The molecule has 0 aliphatic heterocycles. The van der Waals surface area contributed by atoms with Gasteiger partial charge in [-0.05, 0) is 30.7 Å². The molecule has 2 rings (SSSR count). The number of nitrogens with one attached hydrogen (secondary N) is 1. The number of aromatic nitrogens is 1. The predicted octanol–water partition coefficient (Wildman–Crippen LogP) is 2.65. The first kappa shape index (κ1) is 14.1. The SMILES string of the molecule is Cc1c(Cl)ccc2ccc(NCCS(C)(=O)=O)nc12. The molecule has 1 heterocycles. The molecule has 0 saturated heterocycles. The fourth-order valence-electron chi connectivity index (χ4n) is 1.77. The van der Waals surface area contributed by atoms with Gasteiger partial charge in [-0.25, -0.2) is 13.4 Å². The van der Waals surface area contributed by atoms with Crippen LogP contribution >= 0.6 is 11.6 Å². The number of anilines is 1. The van der Waals surface area contributed by atoms with E-state index in [1.807, 2.05) is 31.2 Å². The minimum absolute atomic E-state index is 0.0846. The third kappa shape index (κ3) is 3.58. The Kier molecular flexibility index (Phi) is 3.96. The van der Waals surface area contributed by atoms with Crippen LogP contribution in [0.4, 0.5) is 5.82 Å². The van der Waals surface area contributed by atoms with Crippen molar-refractivity contribution in [3.63, 3.8) is 0 Å². The lowest BCUT2D eigenvalue weighted by molar-refractivity contribution is 0.602. The Labute approximate surface area is 117 Å². The summed E-state index contributed by atoms with van der Waals surface area (Å²) in [6.45, 7) is 2.26. The lowest BCUT2D eigenvalue weighted by Gasteiger charge is -2.08. The summed E-state index contributed by atoms with van der Waals surface area (Å²) >= 11 is 6.06. The van der Waals surface area contributed by atoms with Crippen molar-refractivity contribution in [3.05, 3.63) is 34.9 Å². The maximum absolute atomic E-state index is 11.1. The molecular weight excluding hydrogens is 284 g/mol. The van der Waals surface area contributed by atoms with Gasteiger partial charge in [-0.3, -0.25) is 0 Å². The Morgan fingerprint density at radius 1 is 1.26 bits per heavy atom. The highest BCUT2D eigenvalue weighted by Gasteiger charge is 2.05. The molecule has 2 aromatic rings. The van der Waals surface area contributed by atoms with Crippen LogP contribution in [0.15, 0.2) is 24.3 Å². The van der Waals surface area contributed by atoms with Crippen LogP contribution in [0.2, 0.25) is 5.02 Å². The van der Waals surface area contributed by atoms with E-state index in [4.69, 9.17) is 11.6 Å².